The molecule has 2 amide bonds. The Morgan fingerprint density at radius 2 is 2.00 bits per heavy atom. The van der Waals surface area contributed by atoms with Gasteiger partial charge in [0.15, 0.2) is 5.76 Å². The maximum absolute atomic E-state index is 14.2. The second-order valence-electron chi connectivity index (χ2n) is 9.56. The number of carbonyl (C=O) groups is 2. The minimum absolute atomic E-state index is 0.0562. The fourth-order valence-corrected chi connectivity index (χ4v) is 4.51. The van der Waals surface area contributed by atoms with Gasteiger partial charge < -0.3 is 19.4 Å². The van der Waals surface area contributed by atoms with E-state index in [0.29, 0.717) is 31.0 Å². The van der Waals surface area contributed by atoms with E-state index in [0.717, 1.165) is 29.5 Å². The summed E-state index contributed by atoms with van der Waals surface area (Å²) < 4.78 is 25.8. The van der Waals surface area contributed by atoms with Gasteiger partial charge in [-0.15, -0.1) is 0 Å². The molecule has 0 spiro atoms. The molecule has 0 bridgehead atoms. The first-order valence-electron chi connectivity index (χ1n) is 12.5. The molecule has 1 aromatic heterocycles. The van der Waals surface area contributed by atoms with Gasteiger partial charge in [0, 0.05) is 19.5 Å². The van der Waals surface area contributed by atoms with Crippen LogP contribution in [0, 0.1) is 11.7 Å². The molecule has 0 aliphatic carbocycles. The lowest BCUT2D eigenvalue weighted by Gasteiger charge is -2.38. The molecule has 0 fully saturated rings. The van der Waals surface area contributed by atoms with E-state index in [2.05, 4.69) is 5.32 Å². The zero-order valence-corrected chi connectivity index (χ0v) is 21.1. The normalized spacial score (nSPS) is 15.0. The van der Waals surface area contributed by atoms with E-state index in [-0.39, 0.29) is 35.9 Å². The molecule has 190 valence electrons. The maximum atomic E-state index is 14.2. The third kappa shape index (κ3) is 5.96. The van der Waals surface area contributed by atoms with Crippen LogP contribution in [0.1, 0.15) is 72.7 Å². The number of carbonyl (C=O) groups excluding carboxylic acids is 2. The van der Waals surface area contributed by atoms with Crippen LogP contribution in [-0.2, 0) is 17.8 Å². The highest BCUT2D eigenvalue weighted by Crippen LogP contribution is 2.38. The molecule has 0 saturated carbocycles. The van der Waals surface area contributed by atoms with Gasteiger partial charge in [-0.05, 0) is 71.8 Å². The molecule has 1 unspecified atom stereocenters. The number of furan rings is 1. The molecular weight excluding hydrogens is 459 g/mol. The van der Waals surface area contributed by atoms with Gasteiger partial charge in [0.25, 0.3) is 5.91 Å². The average molecular weight is 493 g/mol. The van der Waals surface area contributed by atoms with Crippen molar-refractivity contribution >= 4 is 11.8 Å². The van der Waals surface area contributed by atoms with Crippen molar-refractivity contribution in [3.05, 3.63) is 88.6 Å². The van der Waals surface area contributed by atoms with Crippen molar-refractivity contribution in [2.24, 2.45) is 5.92 Å². The van der Waals surface area contributed by atoms with Crippen LogP contribution < -0.4 is 10.1 Å². The van der Waals surface area contributed by atoms with Crippen LogP contribution in [0.15, 0.2) is 59.0 Å². The maximum Gasteiger partial charge on any atom is 0.286 e. The van der Waals surface area contributed by atoms with Crippen LogP contribution in [0.4, 0.5) is 4.39 Å². The SMILES string of the molecule is CCCNC(=O)c1ccc(COc2ccc3c(c2)C(c2cccc(F)c2)N(C(=O)CC(C)C)CC3)o1. The Labute approximate surface area is 211 Å². The summed E-state index contributed by atoms with van der Waals surface area (Å²) in [6, 6.07) is 15.2. The van der Waals surface area contributed by atoms with Crippen molar-refractivity contribution in [1.82, 2.24) is 10.2 Å². The predicted octanol–water partition coefficient (Wildman–Crippen LogP) is 5.66. The standard InChI is InChI=1S/C29H33FN2O4/c1-4-13-31-29(34)26-11-10-24(36-26)18-35-23-9-8-20-12-14-32(27(33)15-19(2)3)28(25(20)17-23)21-6-5-7-22(30)16-21/h5-11,16-17,19,28H,4,12-15,18H2,1-3H3,(H,31,34). The van der Waals surface area contributed by atoms with Crippen molar-refractivity contribution in [2.75, 3.05) is 13.1 Å². The van der Waals surface area contributed by atoms with Crippen LogP contribution in [0.25, 0.3) is 0 Å². The van der Waals surface area contributed by atoms with E-state index in [1.54, 1.807) is 18.2 Å². The summed E-state index contributed by atoms with van der Waals surface area (Å²) in [6.45, 7) is 7.34. The molecule has 4 rings (SSSR count). The first kappa shape index (κ1) is 25.5. The molecule has 1 aliphatic heterocycles. The van der Waals surface area contributed by atoms with Crippen LogP contribution in [-0.4, -0.2) is 29.8 Å². The lowest BCUT2D eigenvalue weighted by molar-refractivity contribution is -0.134. The molecule has 2 heterocycles. The van der Waals surface area contributed by atoms with Crippen molar-refractivity contribution in [3.63, 3.8) is 0 Å². The minimum atomic E-state index is -0.392. The average Bonchev–Trinajstić information content (AvgIpc) is 3.34. The molecule has 6 nitrogen and oxygen atoms in total. The minimum Gasteiger partial charge on any atom is -0.486 e. The third-order valence-corrected chi connectivity index (χ3v) is 6.22. The lowest BCUT2D eigenvalue weighted by Crippen LogP contribution is -2.41. The van der Waals surface area contributed by atoms with Crippen molar-refractivity contribution in [1.29, 1.82) is 0 Å². The second-order valence-corrected chi connectivity index (χ2v) is 9.56. The Hall–Kier alpha value is -3.61. The molecule has 0 saturated heterocycles. The molecule has 2 aromatic carbocycles. The van der Waals surface area contributed by atoms with E-state index < -0.39 is 6.04 Å². The number of amides is 2. The van der Waals surface area contributed by atoms with Gasteiger partial charge in [0.1, 0.15) is 23.9 Å². The van der Waals surface area contributed by atoms with Crippen molar-refractivity contribution in [2.45, 2.75) is 52.7 Å². The van der Waals surface area contributed by atoms with E-state index in [9.17, 15) is 14.0 Å². The van der Waals surface area contributed by atoms with Crippen LogP contribution in [0.3, 0.4) is 0 Å². The molecule has 36 heavy (non-hydrogen) atoms. The monoisotopic (exact) mass is 492 g/mol. The first-order valence-corrected chi connectivity index (χ1v) is 12.5. The summed E-state index contributed by atoms with van der Waals surface area (Å²) in [5, 5.41) is 2.79. The number of halogens is 1. The lowest BCUT2D eigenvalue weighted by atomic mass is 9.87. The highest BCUT2D eigenvalue weighted by atomic mass is 19.1. The zero-order chi connectivity index (χ0) is 25.7. The molecule has 1 atom stereocenters. The van der Waals surface area contributed by atoms with Gasteiger partial charge in [-0.3, -0.25) is 9.59 Å². The highest BCUT2D eigenvalue weighted by Gasteiger charge is 2.32. The van der Waals surface area contributed by atoms with Crippen LogP contribution in [0.2, 0.25) is 0 Å². The smallest absolute Gasteiger partial charge is 0.286 e. The Morgan fingerprint density at radius 3 is 2.75 bits per heavy atom. The number of ether oxygens (including phenoxy) is 1. The molecule has 7 heteroatoms. The number of hydrogen-bond acceptors (Lipinski definition) is 4. The number of nitrogens with one attached hydrogen (secondary N) is 1. The summed E-state index contributed by atoms with van der Waals surface area (Å²) in [5.74, 6) is 1.09. The van der Waals surface area contributed by atoms with Gasteiger partial charge in [0.05, 0.1) is 6.04 Å². The Kier molecular flexibility index (Phi) is 8.08. The molecule has 0 radical (unpaired) electrons. The topological polar surface area (TPSA) is 71.8 Å². The van der Waals surface area contributed by atoms with Gasteiger partial charge in [-0.2, -0.15) is 0 Å². The van der Waals surface area contributed by atoms with Gasteiger partial charge >= 0.3 is 0 Å². The number of hydrogen-bond donors (Lipinski definition) is 1. The van der Waals surface area contributed by atoms with E-state index in [1.807, 2.05) is 49.9 Å². The van der Waals surface area contributed by atoms with Crippen molar-refractivity contribution in [3.8, 4) is 5.75 Å². The summed E-state index contributed by atoms with van der Waals surface area (Å²) in [7, 11) is 0. The molecule has 3 aromatic rings. The first-order chi connectivity index (χ1) is 17.4. The third-order valence-electron chi connectivity index (χ3n) is 6.22. The summed E-state index contributed by atoms with van der Waals surface area (Å²) in [6.07, 6.45) is 2.00. The summed E-state index contributed by atoms with van der Waals surface area (Å²) in [5.41, 5.74) is 2.78. The van der Waals surface area contributed by atoms with E-state index in [1.165, 1.54) is 12.1 Å². The predicted molar refractivity (Wildman–Crippen MR) is 135 cm³/mol. The highest BCUT2D eigenvalue weighted by molar-refractivity contribution is 5.91. The molecule has 1 aliphatic rings. The number of rotatable bonds is 9. The van der Waals surface area contributed by atoms with Gasteiger partial charge in [0.2, 0.25) is 5.91 Å². The number of nitrogens with zero attached hydrogens (tertiary/aromatic N) is 1. The van der Waals surface area contributed by atoms with E-state index in [4.69, 9.17) is 9.15 Å². The largest absolute Gasteiger partial charge is 0.486 e. The molecule has 1 N–H and O–H groups in total. The van der Waals surface area contributed by atoms with Gasteiger partial charge in [-0.25, -0.2) is 4.39 Å². The number of fused-ring (bicyclic) bond motifs is 1. The fourth-order valence-electron chi connectivity index (χ4n) is 4.51. The quantitative estimate of drug-likeness (QED) is 0.419. The Balaban J connectivity index is 1.57. The van der Waals surface area contributed by atoms with E-state index >= 15 is 0 Å². The Bertz CT molecular complexity index is 1220. The van der Waals surface area contributed by atoms with Crippen molar-refractivity contribution < 1.29 is 23.1 Å². The summed E-state index contributed by atoms with van der Waals surface area (Å²) in [4.78, 5) is 27.1. The zero-order valence-electron chi connectivity index (χ0n) is 21.1. The van der Waals surface area contributed by atoms with Gasteiger partial charge in [-0.1, -0.05) is 39.0 Å². The van der Waals surface area contributed by atoms with Crippen LogP contribution >= 0.6 is 0 Å². The molecular formula is C29H33FN2O4. The Morgan fingerprint density at radius 1 is 1.17 bits per heavy atom. The fraction of sp³-hybridized carbons (Fsp3) is 0.379. The van der Waals surface area contributed by atoms with Crippen LogP contribution in [0.5, 0.6) is 5.75 Å². The second kappa shape index (κ2) is 11.4. The summed E-state index contributed by atoms with van der Waals surface area (Å²) >= 11 is 0. The number of benzene rings is 2.